The van der Waals surface area contributed by atoms with Crippen LogP contribution in [0.2, 0.25) is 0 Å². The molecule has 0 saturated carbocycles. The molecule has 0 radical (unpaired) electrons. The van der Waals surface area contributed by atoms with Gasteiger partial charge in [-0.2, -0.15) is 0 Å². The van der Waals surface area contributed by atoms with Gasteiger partial charge in [0.25, 0.3) is 0 Å². The fourth-order valence-corrected chi connectivity index (χ4v) is 5.96. The average molecular weight is 555 g/mol. The van der Waals surface area contributed by atoms with Crippen molar-refractivity contribution in [1.29, 1.82) is 0 Å². The van der Waals surface area contributed by atoms with Crippen LogP contribution in [0.4, 0.5) is 0 Å². The molecule has 0 spiro atoms. The molecule has 206 valence electrons. The number of rotatable bonds is 5. The maximum atomic E-state index is 13.1. The number of fused-ring (bicyclic) bond motifs is 2. The Balaban J connectivity index is 1.93. The smallest absolute Gasteiger partial charge is 0.340 e. The van der Waals surface area contributed by atoms with Crippen LogP contribution >= 0.6 is 0 Å². The van der Waals surface area contributed by atoms with Crippen LogP contribution in [0.5, 0.6) is 11.5 Å². The lowest BCUT2D eigenvalue weighted by Crippen LogP contribution is -2.06. The summed E-state index contributed by atoms with van der Waals surface area (Å²) >= 11 is 0. The molecule has 0 aliphatic carbocycles. The molecule has 0 aliphatic heterocycles. The zero-order valence-electron chi connectivity index (χ0n) is 22.8. The van der Waals surface area contributed by atoms with Crippen LogP contribution in [0.3, 0.4) is 0 Å². The van der Waals surface area contributed by atoms with Gasteiger partial charge in [-0.05, 0) is 69.3 Å². The van der Waals surface area contributed by atoms with Crippen molar-refractivity contribution in [3.63, 3.8) is 0 Å². The van der Waals surface area contributed by atoms with Crippen LogP contribution in [0.1, 0.15) is 31.8 Å². The van der Waals surface area contributed by atoms with Gasteiger partial charge in [-0.3, -0.25) is 0 Å². The number of phenols is 2. The fourth-order valence-electron chi connectivity index (χ4n) is 5.96. The number of carboxylic acid groups (broad SMARTS) is 2. The van der Waals surface area contributed by atoms with E-state index < -0.39 is 23.4 Å². The molecule has 42 heavy (non-hydrogen) atoms. The second-order valence-corrected chi connectivity index (χ2v) is 10.3. The molecule has 0 unspecified atom stereocenters. The average Bonchev–Trinajstić information content (AvgIpc) is 2.97. The predicted octanol–water partition coefficient (Wildman–Crippen LogP) is 8.42. The van der Waals surface area contributed by atoms with Gasteiger partial charge < -0.3 is 20.4 Å². The Hall–Kier alpha value is -5.62. The van der Waals surface area contributed by atoms with Gasteiger partial charge in [-0.25, -0.2) is 9.59 Å². The Morgan fingerprint density at radius 3 is 1.74 bits per heavy atom. The van der Waals surface area contributed by atoms with Crippen molar-refractivity contribution in [2.75, 3.05) is 0 Å². The van der Waals surface area contributed by atoms with Crippen molar-refractivity contribution in [3.05, 3.63) is 119 Å². The first kappa shape index (κ1) is 26.6. The number of carboxylic acids is 2. The van der Waals surface area contributed by atoms with Crippen LogP contribution in [-0.4, -0.2) is 32.4 Å². The monoisotopic (exact) mass is 554 g/mol. The van der Waals surface area contributed by atoms with Gasteiger partial charge in [0.2, 0.25) is 0 Å². The molecule has 0 fully saturated rings. The predicted molar refractivity (Wildman–Crippen MR) is 164 cm³/mol. The normalized spacial score (nSPS) is 11.2. The van der Waals surface area contributed by atoms with E-state index in [-0.39, 0.29) is 22.3 Å². The number of aromatic carboxylic acids is 2. The van der Waals surface area contributed by atoms with Crippen molar-refractivity contribution in [2.45, 2.75) is 13.8 Å². The van der Waals surface area contributed by atoms with Crippen molar-refractivity contribution < 1.29 is 30.0 Å². The fraction of sp³-hybridized carbons (Fsp3) is 0.0556. The van der Waals surface area contributed by atoms with Gasteiger partial charge in [0, 0.05) is 16.7 Å². The van der Waals surface area contributed by atoms with Gasteiger partial charge in [0.15, 0.2) is 0 Å². The Bertz CT molecular complexity index is 2090. The molecule has 6 nitrogen and oxygen atoms in total. The van der Waals surface area contributed by atoms with E-state index >= 15 is 0 Å². The number of aromatic hydroxyl groups is 2. The van der Waals surface area contributed by atoms with Crippen molar-refractivity contribution in [1.82, 2.24) is 0 Å². The highest BCUT2D eigenvalue weighted by Gasteiger charge is 2.31. The number of hydrogen-bond donors (Lipinski definition) is 4. The van der Waals surface area contributed by atoms with Gasteiger partial charge in [0.1, 0.15) is 22.6 Å². The van der Waals surface area contributed by atoms with E-state index in [9.17, 15) is 30.0 Å². The number of hydrogen-bond acceptors (Lipinski definition) is 4. The Labute approximate surface area is 241 Å². The quantitative estimate of drug-likeness (QED) is 0.170. The maximum absolute atomic E-state index is 13.1. The van der Waals surface area contributed by atoms with Gasteiger partial charge in [0.05, 0.1) is 0 Å². The summed E-state index contributed by atoms with van der Waals surface area (Å²) in [5.74, 6) is -3.82. The zero-order chi connectivity index (χ0) is 29.7. The molecule has 6 heteroatoms. The first-order chi connectivity index (χ1) is 20.2. The molecule has 6 aromatic rings. The van der Waals surface area contributed by atoms with Crippen LogP contribution in [-0.2, 0) is 0 Å². The molecule has 0 saturated heterocycles. The Kier molecular flexibility index (Phi) is 6.39. The lowest BCUT2D eigenvalue weighted by molar-refractivity contribution is 0.0682. The lowest BCUT2D eigenvalue weighted by Gasteiger charge is -2.23. The summed E-state index contributed by atoms with van der Waals surface area (Å²) in [6, 6.07) is 28.9. The molecule has 6 rings (SSSR count). The summed E-state index contributed by atoms with van der Waals surface area (Å²) in [5.41, 5.74) is 3.78. The minimum atomic E-state index is -1.35. The first-order valence-corrected chi connectivity index (χ1v) is 13.4. The molecule has 0 amide bonds. The SMILES string of the molecule is Cc1ccccc1-c1cccc2c(-c3c(O)c(C(=O)O)cc4ccccc34)c(O)c(C(=O)O)c(-c3ccccc3C)c12. The highest BCUT2D eigenvalue weighted by molar-refractivity contribution is 6.23. The largest absolute Gasteiger partial charge is 0.506 e. The minimum absolute atomic E-state index is 0.0481. The first-order valence-electron chi connectivity index (χ1n) is 13.4. The van der Waals surface area contributed by atoms with E-state index in [0.717, 1.165) is 22.3 Å². The van der Waals surface area contributed by atoms with E-state index in [1.165, 1.54) is 6.07 Å². The highest BCUT2D eigenvalue weighted by Crippen LogP contribution is 2.53. The third-order valence-electron chi connectivity index (χ3n) is 7.87. The van der Waals surface area contributed by atoms with E-state index in [2.05, 4.69) is 0 Å². The van der Waals surface area contributed by atoms with Gasteiger partial charge in [-0.15, -0.1) is 0 Å². The Morgan fingerprint density at radius 1 is 0.548 bits per heavy atom. The molecule has 0 aliphatic rings. The molecule has 4 N–H and O–H groups in total. The molecule has 0 atom stereocenters. The lowest BCUT2D eigenvalue weighted by atomic mass is 9.81. The number of aryl methyl sites for hydroxylation is 2. The van der Waals surface area contributed by atoms with Crippen LogP contribution in [0, 0.1) is 13.8 Å². The third-order valence-corrected chi connectivity index (χ3v) is 7.87. The second kappa shape index (κ2) is 10.1. The maximum Gasteiger partial charge on any atom is 0.340 e. The zero-order valence-corrected chi connectivity index (χ0v) is 22.8. The summed E-state index contributed by atoms with van der Waals surface area (Å²) < 4.78 is 0. The summed E-state index contributed by atoms with van der Waals surface area (Å²) in [4.78, 5) is 25.3. The van der Waals surface area contributed by atoms with E-state index in [0.29, 0.717) is 32.7 Å². The number of carbonyl (C=O) groups is 2. The van der Waals surface area contributed by atoms with E-state index in [1.54, 1.807) is 30.3 Å². The number of benzene rings is 6. The molecule has 0 aromatic heterocycles. The van der Waals surface area contributed by atoms with Gasteiger partial charge in [-0.1, -0.05) is 91.0 Å². The van der Waals surface area contributed by atoms with Crippen molar-refractivity contribution >= 4 is 33.5 Å². The summed E-state index contributed by atoms with van der Waals surface area (Å²) in [7, 11) is 0. The topological polar surface area (TPSA) is 115 Å². The Morgan fingerprint density at radius 2 is 1.10 bits per heavy atom. The summed E-state index contributed by atoms with van der Waals surface area (Å²) in [6.07, 6.45) is 0. The minimum Gasteiger partial charge on any atom is -0.506 e. The second-order valence-electron chi connectivity index (χ2n) is 10.3. The van der Waals surface area contributed by atoms with Crippen molar-refractivity contribution in [2.24, 2.45) is 0 Å². The third kappa shape index (κ3) is 4.04. The van der Waals surface area contributed by atoms with Crippen molar-refractivity contribution in [3.8, 4) is 44.9 Å². The molecular weight excluding hydrogens is 528 g/mol. The van der Waals surface area contributed by atoms with Crippen LogP contribution < -0.4 is 0 Å². The molecule has 0 heterocycles. The molecule has 0 bridgehead atoms. The standard InChI is InChI=1S/C36H26O6/c1-19-10-3-6-13-22(19)25-16-9-17-26-28(25)29(23-14-7-4-11-20(23)2)32(36(41)42)34(38)31(26)30-24-15-8-5-12-21(24)18-27(33(30)37)35(39)40/h3-18,37-38H,1-2H3,(H,39,40)(H,41,42). The van der Waals surface area contributed by atoms with Gasteiger partial charge >= 0.3 is 11.9 Å². The molecule has 6 aromatic carbocycles. The van der Waals surface area contributed by atoms with Crippen LogP contribution in [0.15, 0.2) is 97.1 Å². The molecular formula is C36H26O6. The van der Waals surface area contributed by atoms with E-state index in [1.807, 2.05) is 74.5 Å². The summed E-state index contributed by atoms with van der Waals surface area (Å²) in [5, 5.41) is 46.0. The van der Waals surface area contributed by atoms with Crippen LogP contribution in [0.25, 0.3) is 54.9 Å². The summed E-state index contributed by atoms with van der Waals surface area (Å²) in [6.45, 7) is 3.85. The highest BCUT2D eigenvalue weighted by atomic mass is 16.4. The van der Waals surface area contributed by atoms with E-state index in [4.69, 9.17) is 0 Å².